The van der Waals surface area contributed by atoms with Gasteiger partial charge in [-0.2, -0.15) is 5.26 Å². The monoisotopic (exact) mass is 129 g/mol. The van der Waals surface area contributed by atoms with Gasteiger partial charge in [0, 0.05) is 0 Å². The molecule has 0 aromatic carbocycles. The Balaban J connectivity index is 4.01. The van der Waals surface area contributed by atoms with E-state index in [4.69, 9.17) is 15.5 Å². The van der Waals surface area contributed by atoms with E-state index in [1.54, 1.807) is 13.8 Å². The first kappa shape index (κ1) is 8.41. The van der Waals surface area contributed by atoms with Crippen molar-refractivity contribution in [1.82, 2.24) is 0 Å². The van der Waals surface area contributed by atoms with Crippen molar-refractivity contribution >= 4 is 0 Å². The highest BCUT2D eigenvalue weighted by Crippen LogP contribution is 2.17. The molecule has 0 aromatic heterocycles. The van der Waals surface area contributed by atoms with E-state index in [9.17, 15) is 0 Å². The highest BCUT2D eigenvalue weighted by Gasteiger charge is 2.26. The summed E-state index contributed by atoms with van der Waals surface area (Å²) >= 11 is 0. The van der Waals surface area contributed by atoms with Gasteiger partial charge in [-0.25, -0.2) is 0 Å². The standard InChI is InChI=1S/C6H11NO2/c1-6(2,4-7)5(9)3-8/h5,8-9H,3H2,1-2H3/t5-/m1/s1. The van der Waals surface area contributed by atoms with Crippen molar-refractivity contribution in [1.29, 1.82) is 5.26 Å². The minimum atomic E-state index is -0.942. The number of nitrogens with zero attached hydrogens (tertiary/aromatic N) is 1. The van der Waals surface area contributed by atoms with Gasteiger partial charge in [-0.3, -0.25) is 0 Å². The summed E-state index contributed by atoms with van der Waals surface area (Å²) in [5.41, 5.74) is -0.839. The molecule has 0 unspecified atom stereocenters. The number of hydrogen-bond acceptors (Lipinski definition) is 3. The van der Waals surface area contributed by atoms with Crippen molar-refractivity contribution in [2.45, 2.75) is 20.0 Å². The zero-order valence-corrected chi connectivity index (χ0v) is 5.63. The summed E-state index contributed by atoms with van der Waals surface area (Å²) in [5.74, 6) is 0. The average molecular weight is 129 g/mol. The van der Waals surface area contributed by atoms with Crippen LogP contribution in [0.3, 0.4) is 0 Å². The Bertz CT molecular complexity index is 126. The highest BCUT2D eigenvalue weighted by atomic mass is 16.3. The zero-order chi connectivity index (χ0) is 7.49. The molecule has 0 saturated heterocycles. The van der Waals surface area contributed by atoms with Crippen molar-refractivity contribution < 1.29 is 10.2 Å². The predicted octanol–water partition coefficient (Wildman–Crippen LogP) is -0.111. The normalized spacial score (nSPS) is 14.6. The molecule has 0 saturated carbocycles. The van der Waals surface area contributed by atoms with Crippen molar-refractivity contribution in [2.24, 2.45) is 5.41 Å². The van der Waals surface area contributed by atoms with Crippen LogP contribution < -0.4 is 0 Å². The predicted molar refractivity (Wildman–Crippen MR) is 32.5 cm³/mol. The van der Waals surface area contributed by atoms with Crippen molar-refractivity contribution in [3.8, 4) is 6.07 Å². The van der Waals surface area contributed by atoms with Crippen LogP contribution in [0.1, 0.15) is 13.8 Å². The van der Waals surface area contributed by atoms with Crippen LogP contribution in [-0.4, -0.2) is 22.9 Å². The van der Waals surface area contributed by atoms with Crippen LogP contribution in [0.15, 0.2) is 0 Å². The Morgan fingerprint density at radius 2 is 2.11 bits per heavy atom. The van der Waals surface area contributed by atoms with E-state index < -0.39 is 11.5 Å². The fourth-order valence-electron chi connectivity index (χ4n) is 0.303. The van der Waals surface area contributed by atoms with Crippen molar-refractivity contribution in [3.63, 3.8) is 0 Å². The van der Waals surface area contributed by atoms with E-state index in [0.29, 0.717) is 0 Å². The van der Waals surface area contributed by atoms with Crippen LogP contribution in [0.25, 0.3) is 0 Å². The average Bonchev–Trinajstić information content (AvgIpc) is 1.86. The first-order valence-corrected chi connectivity index (χ1v) is 2.74. The Morgan fingerprint density at radius 1 is 1.67 bits per heavy atom. The fourth-order valence-corrected chi connectivity index (χ4v) is 0.303. The largest absolute Gasteiger partial charge is 0.394 e. The number of aliphatic hydroxyl groups excluding tert-OH is 2. The summed E-state index contributed by atoms with van der Waals surface area (Å²) in [7, 11) is 0. The van der Waals surface area contributed by atoms with Gasteiger partial charge in [0.25, 0.3) is 0 Å². The smallest absolute Gasteiger partial charge is 0.0951 e. The highest BCUT2D eigenvalue weighted by molar-refractivity contribution is 4.96. The van der Waals surface area contributed by atoms with E-state index in [1.807, 2.05) is 6.07 Å². The maximum absolute atomic E-state index is 8.91. The first-order valence-electron chi connectivity index (χ1n) is 2.74. The van der Waals surface area contributed by atoms with Gasteiger partial charge in [0.15, 0.2) is 0 Å². The van der Waals surface area contributed by atoms with Crippen LogP contribution in [0, 0.1) is 16.7 Å². The molecule has 0 aromatic rings. The van der Waals surface area contributed by atoms with Gasteiger partial charge in [-0.1, -0.05) is 0 Å². The second-order valence-corrected chi connectivity index (χ2v) is 2.53. The third kappa shape index (κ3) is 2.00. The van der Waals surface area contributed by atoms with Crippen molar-refractivity contribution in [3.05, 3.63) is 0 Å². The summed E-state index contributed by atoms with van der Waals surface area (Å²) in [4.78, 5) is 0. The van der Waals surface area contributed by atoms with Gasteiger partial charge in [0.05, 0.1) is 24.2 Å². The number of hydrogen-bond donors (Lipinski definition) is 2. The SMILES string of the molecule is CC(C)(C#N)[C@H](O)CO. The lowest BCUT2D eigenvalue weighted by molar-refractivity contribution is 0.0309. The summed E-state index contributed by atoms with van der Waals surface area (Å²) in [5, 5.41) is 25.7. The molecule has 2 N–H and O–H groups in total. The maximum atomic E-state index is 8.91. The molecule has 0 aliphatic rings. The third-order valence-electron chi connectivity index (χ3n) is 1.29. The van der Waals surface area contributed by atoms with Crippen molar-refractivity contribution in [2.75, 3.05) is 6.61 Å². The number of nitriles is 1. The maximum Gasteiger partial charge on any atom is 0.0951 e. The quantitative estimate of drug-likeness (QED) is 0.546. The number of rotatable bonds is 2. The molecule has 3 nitrogen and oxygen atoms in total. The van der Waals surface area contributed by atoms with Crippen LogP contribution >= 0.6 is 0 Å². The van der Waals surface area contributed by atoms with Crippen LogP contribution in [0.5, 0.6) is 0 Å². The van der Waals surface area contributed by atoms with E-state index in [-0.39, 0.29) is 6.61 Å². The van der Waals surface area contributed by atoms with Gasteiger partial charge >= 0.3 is 0 Å². The second-order valence-electron chi connectivity index (χ2n) is 2.53. The van der Waals surface area contributed by atoms with Gasteiger partial charge < -0.3 is 10.2 Å². The Kier molecular flexibility index (Phi) is 2.63. The van der Waals surface area contributed by atoms with E-state index in [1.165, 1.54) is 0 Å². The van der Waals surface area contributed by atoms with Gasteiger partial charge in [-0.05, 0) is 13.8 Å². The lowest BCUT2D eigenvalue weighted by atomic mass is 9.89. The molecule has 1 atom stereocenters. The third-order valence-corrected chi connectivity index (χ3v) is 1.29. The molecule has 0 amide bonds. The molecule has 0 rings (SSSR count). The molecule has 3 heteroatoms. The molecule has 0 bridgehead atoms. The molecule has 9 heavy (non-hydrogen) atoms. The summed E-state index contributed by atoms with van der Waals surface area (Å²) < 4.78 is 0. The summed E-state index contributed by atoms with van der Waals surface area (Å²) in [6, 6.07) is 1.88. The molecule has 0 heterocycles. The molecule has 0 radical (unpaired) electrons. The Morgan fingerprint density at radius 3 is 2.22 bits per heavy atom. The molecule has 0 spiro atoms. The molecule has 0 fully saturated rings. The molecule has 0 aliphatic heterocycles. The lowest BCUT2D eigenvalue weighted by Crippen LogP contribution is -2.30. The van der Waals surface area contributed by atoms with Crippen LogP contribution in [0.2, 0.25) is 0 Å². The fraction of sp³-hybridized carbons (Fsp3) is 0.833. The zero-order valence-electron chi connectivity index (χ0n) is 5.63. The van der Waals surface area contributed by atoms with Gasteiger partial charge in [0.2, 0.25) is 0 Å². The summed E-state index contributed by atoms with van der Waals surface area (Å²) in [6.07, 6.45) is -0.942. The first-order chi connectivity index (χ1) is 4.04. The lowest BCUT2D eigenvalue weighted by Gasteiger charge is -2.19. The number of aliphatic hydroxyl groups is 2. The van der Waals surface area contributed by atoms with Crippen LogP contribution in [-0.2, 0) is 0 Å². The Hall–Kier alpha value is -0.590. The van der Waals surface area contributed by atoms with E-state index in [2.05, 4.69) is 0 Å². The van der Waals surface area contributed by atoms with E-state index >= 15 is 0 Å². The van der Waals surface area contributed by atoms with Gasteiger partial charge in [-0.15, -0.1) is 0 Å². The summed E-state index contributed by atoms with van der Waals surface area (Å²) in [6.45, 7) is 2.79. The minimum absolute atomic E-state index is 0.361. The van der Waals surface area contributed by atoms with E-state index in [0.717, 1.165) is 0 Å². The molecule has 0 aliphatic carbocycles. The Labute approximate surface area is 54.5 Å². The molecular weight excluding hydrogens is 118 g/mol. The van der Waals surface area contributed by atoms with Gasteiger partial charge in [0.1, 0.15) is 0 Å². The second kappa shape index (κ2) is 2.81. The molecule has 52 valence electrons. The molecular formula is C6H11NO2. The minimum Gasteiger partial charge on any atom is -0.394 e. The van der Waals surface area contributed by atoms with Crippen LogP contribution in [0.4, 0.5) is 0 Å². The topological polar surface area (TPSA) is 64.2 Å².